The molecule has 0 bridgehead atoms. The number of nitrogens with one attached hydrogen (secondary N) is 1. The van der Waals surface area contributed by atoms with Gasteiger partial charge in [-0.15, -0.1) is 0 Å². The molecule has 4 heteroatoms. The number of nitrogens with two attached hydrogens (primary N) is 1. The minimum atomic E-state index is -0.0788. The second-order valence-corrected chi connectivity index (χ2v) is 3.53. The van der Waals surface area contributed by atoms with Crippen LogP contribution in [0.4, 0.5) is 0 Å². The number of nitrogens with zero attached hydrogens (tertiary/aromatic N) is 1. The smallest absolute Gasteiger partial charge is 0.220 e. The summed E-state index contributed by atoms with van der Waals surface area (Å²) in [4.78, 5) is 15.2. The van der Waals surface area contributed by atoms with Gasteiger partial charge >= 0.3 is 0 Å². The summed E-state index contributed by atoms with van der Waals surface area (Å²) < 4.78 is 0. The summed E-state index contributed by atoms with van der Waals surface area (Å²) in [5, 5.41) is 2.88. The van der Waals surface area contributed by atoms with Gasteiger partial charge in [0.1, 0.15) is 0 Å². The Morgan fingerprint density at radius 3 is 3.14 bits per heavy atom. The van der Waals surface area contributed by atoms with Crippen molar-refractivity contribution >= 4 is 5.91 Å². The van der Waals surface area contributed by atoms with Crippen molar-refractivity contribution in [2.24, 2.45) is 5.73 Å². The quantitative estimate of drug-likeness (QED) is 0.673. The lowest BCUT2D eigenvalue weighted by Crippen LogP contribution is -2.45. The Labute approximate surface area is 82.5 Å². The Kier molecular flexibility index (Phi) is 2.45. The summed E-state index contributed by atoms with van der Waals surface area (Å²) in [6.45, 7) is 0. The third kappa shape index (κ3) is 1.75. The van der Waals surface area contributed by atoms with Crippen LogP contribution in [0.15, 0.2) is 24.5 Å². The molecule has 1 aromatic rings. The van der Waals surface area contributed by atoms with E-state index in [0.717, 1.165) is 12.0 Å². The van der Waals surface area contributed by atoms with Crippen molar-refractivity contribution < 1.29 is 4.79 Å². The lowest BCUT2D eigenvalue weighted by atomic mass is 9.94. The van der Waals surface area contributed by atoms with Crippen molar-refractivity contribution in [2.75, 3.05) is 0 Å². The number of hydrogen-bond donors (Lipinski definition) is 2. The van der Waals surface area contributed by atoms with Crippen LogP contribution in [-0.4, -0.2) is 16.9 Å². The van der Waals surface area contributed by atoms with Gasteiger partial charge in [0.05, 0.1) is 6.04 Å². The van der Waals surface area contributed by atoms with Gasteiger partial charge in [0.2, 0.25) is 5.91 Å². The lowest BCUT2D eigenvalue weighted by Gasteiger charge is -2.29. The fourth-order valence-electron chi connectivity index (χ4n) is 1.71. The van der Waals surface area contributed by atoms with Gasteiger partial charge in [-0.05, 0) is 18.1 Å². The third-order valence-corrected chi connectivity index (χ3v) is 2.49. The first-order chi connectivity index (χ1) is 6.77. The first-order valence-corrected chi connectivity index (χ1v) is 4.72. The molecular weight excluding hydrogens is 178 g/mol. The predicted molar refractivity (Wildman–Crippen MR) is 52.3 cm³/mol. The highest BCUT2D eigenvalue weighted by Gasteiger charge is 2.26. The van der Waals surface area contributed by atoms with Crippen LogP contribution >= 0.6 is 0 Å². The molecule has 1 aromatic heterocycles. The molecule has 2 atom stereocenters. The standard InChI is InChI=1S/C10H13N3O/c11-8-3-4-9(14)13-10(8)7-2-1-5-12-6-7/h1-2,5-6,8,10H,3-4,11H2,(H,13,14)/t8-,10-/m1/s1. The van der Waals surface area contributed by atoms with Crippen molar-refractivity contribution in [3.8, 4) is 0 Å². The molecule has 0 unspecified atom stereocenters. The van der Waals surface area contributed by atoms with Gasteiger partial charge in [0.25, 0.3) is 0 Å². The second kappa shape index (κ2) is 3.75. The fourth-order valence-corrected chi connectivity index (χ4v) is 1.71. The number of rotatable bonds is 1. The average Bonchev–Trinajstić information content (AvgIpc) is 2.23. The van der Waals surface area contributed by atoms with Crippen LogP contribution in [0, 0.1) is 0 Å². The molecule has 0 spiro atoms. The molecular formula is C10H13N3O. The molecule has 2 heterocycles. The van der Waals surface area contributed by atoms with E-state index in [2.05, 4.69) is 10.3 Å². The zero-order chi connectivity index (χ0) is 9.97. The number of hydrogen-bond acceptors (Lipinski definition) is 3. The maximum atomic E-state index is 11.2. The van der Waals surface area contributed by atoms with Crippen LogP contribution in [0.5, 0.6) is 0 Å². The summed E-state index contributed by atoms with van der Waals surface area (Å²) >= 11 is 0. The highest BCUT2D eigenvalue weighted by molar-refractivity contribution is 5.77. The van der Waals surface area contributed by atoms with Crippen LogP contribution in [0.1, 0.15) is 24.4 Å². The number of pyridine rings is 1. The molecule has 1 aliphatic rings. The van der Waals surface area contributed by atoms with E-state index in [1.54, 1.807) is 12.4 Å². The third-order valence-electron chi connectivity index (χ3n) is 2.49. The molecule has 14 heavy (non-hydrogen) atoms. The van der Waals surface area contributed by atoms with Crippen molar-refractivity contribution in [3.63, 3.8) is 0 Å². The highest BCUT2D eigenvalue weighted by Crippen LogP contribution is 2.21. The van der Waals surface area contributed by atoms with Gasteiger partial charge in [0.15, 0.2) is 0 Å². The second-order valence-electron chi connectivity index (χ2n) is 3.53. The molecule has 0 aromatic carbocycles. The summed E-state index contributed by atoms with van der Waals surface area (Å²) in [5.41, 5.74) is 6.91. The van der Waals surface area contributed by atoms with E-state index in [1.165, 1.54) is 0 Å². The highest BCUT2D eigenvalue weighted by atomic mass is 16.1. The zero-order valence-electron chi connectivity index (χ0n) is 7.81. The maximum Gasteiger partial charge on any atom is 0.220 e. The Morgan fingerprint density at radius 2 is 2.43 bits per heavy atom. The molecule has 74 valence electrons. The number of aromatic nitrogens is 1. The normalized spacial score (nSPS) is 27.1. The van der Waals surface area contributed by atoms with Crippen molar-refractivity contribution in [1.82, 2.24) is 10.3 Å². The zero-order valence-corrected chi connectivity index (χ0v) is 7.81. The molecule has 2 rings (SSSR count). The predicted octanol–water partition coefficient (Wildman–Crippen LogP) is 0.360. The molecule has 0 saturated carbocycles. The molecule has 0 aliphatic carbocycles. The lowest BCUT2D eigenvalue weighted by molar-refractivity contribution is -0.123. The first-order valence-electron chi connectivity index (χ1n) is 4.72. The van der Waals surface area contributed by atoms with Gasteiger partial charge in [-0.25, -0.2) is 0 Å². The summed E-state index contributed by atoms with van der Waals surface area (Å²) in [5.74, 6) is 0.0700. The summed E-state index contributed by atoms with van der Waals surface area (Å²) in [6, 6.07) is 3.70. The van der Waals surface area contributed by atoms with Crippen molar-refractivity contribution in [3.05, 3.63) is 30.1 Å². The molecule has 1 aliphatic heterocycles. The van der Waals surface area contributed by atoms with Gasteiger partial charge in [-0.2, -0.15) is 0 Å². The topological polar surface area (TPSA) is 68.0 Å². The van der Waals surface area contributed by atoms with E-state index in [9.17, 15) is 4.79 Å². The van der Waals surface area contributed by atoms with Crippen LogP contribution in [-0.2, 0) is 4.79 Å². The van der Waals surface area contributed by atoms with E-state index in [4.69, 9.17) is 5.73 Å². The monoisotopic (exact) mass is 191 g/mol. The Balaban J connectivity index is 2.20. The van der Waals surface area contributed by atoms with E-state index >= 15 is 0 Å². The molecule has 0 radical (unpaired) electrons. The first kappa shape index (κ1) is 9.15. The van der Waals surface area contributed by atoms with Crippen LogP contribution < -0.4 is 11.1 Å². The van der Waals surface area contributed by atoms with E-state index in [1.807, 2.05) is 12.1 Å². The number of carbonyl (C=O) groups is 1. The van der Waals surface area contributed by atoms with Crippen LogP contribution in [0.25, 0.3) is 0 Å². The van der Waals surface area contributed by atoms with Gasteiger partial charge < -0.3 is 11.1 Å². The van der Waals surface area contributed by atoms with Gasteiger partial charge in [0, 0.05) is 24.9 Å². The largest absolute Gasteiger partial charge is 0.348 e. The SMILES string of the molecule is N[C@@H]1CCC(=O)N[C@@H]1c1cccnc1. The average molecular weight is 191 g/mol. The maximum absolute atomic E-state index is 11.2. The van der Waals surface area contributed by atoms with Crippen molar-refractivity contribution in [2.45, 2.75) is 24.9 Å². The van der Waals surface area contributed by atoms with E-state index in [0.29, 0.717) is 6.42 Å². The summed E-state index contributed by atoms with van der Waals surface area (Å²) in [6.07, 6.45) is 4.72. The van der Waals surface area contributed by atoms with E-state index in [-0.39, 0.29) is 18.0 Å². The van der Waals surface area contributed by atoms with Gasteiger partial charge in [-0.1, -0.05) is 6.07 Å². The van der Waals surface area contributed by atoms with Gasteiger partial charge in [-0.3, -0.25) is 9.78 Å². The fraction of sp³-hybridized carbons (Fsp3) is 0.400. The number of piperidine rings is 1. The Morgan fingerprint density at radius 1 is 1.57 bits per heavy atom. The van der Waals surface area contributed by atoms with E-state index < -0.39 is 0 Å². The van der Waals surface area contributed by atoms with Crippen molar-refractivity contribution in [1.29, 1.82) is 0 Å². The van der Waals surface area contributed by atoms with Crippen LogP contribution in [0.3, 0.4) is 0 Å². The molecule has 1 saturated heterocycles. The Hall–Kier alpha value is -1.42. The van der Waals surface area contributed by atoms with Crippen LogP contribution in [0.2, 0.25) is 0 Å². The molecule has 1 fully saturated rings. The minimum absolute atomic E-state index is 0.00287. The summed E-state index contributed by atoms with van der Waals surface area (Å²) in [7, 11) is 0. The molecule has 1 amide bonds. The Bertz CT molecular complexity index is 325. The minimum Gasteiger partial charge on any atom is -0.348 e. The number of carbonyl (C=O) groups excluding carboxylic acids is 1. The molecule has 3 N–H and O–H groups in total. The number of amides is 1. The molecule has 4 nitrogen and oxygen atoms in total.